The van der Waals surface area contributed by atoms with E-state index in [1.54, 1.807) is 0 Å². The van der Waals surface area contributed by atoms with Crippen molar-refractivity contribution in [3.63, 3.8) is 0 Å². The fourth-order valence-corrected chi connectivity index (χ4v) is 3.19. The van der Waals surface area contributed by atoms with Crippen LogP contribution in [0.25, 0.3) is 0 Å². The zero-order valence-electron chi connectivity index (χ0n) is 10.7. The smallest absolute Gasteiger partial charge is 0.258 e. The first-order valence-corrected chi connectivity index (χ1v) is 6.91. The van der Waals surface area contributed by atoms with E-state index in [-0.39, 0.29) is 30.1 Å². The Balaban J connectivity index is 1.71. The highest BCUT2D eigenvalue weighted by molar-refractivity contribution is 6.02. The number of carbonyl (C=O) groups excluding carboxylic acids is 2. The molecule has 3 aliphatic heterocycles. The number of nitrogens with zero attached hydrogens (tertiary/aromatic N) is 1. The Kier molecular flexibility index (Phi) is 3.11. The fourth-order valence-electron chi connectivity index (χ4n) is 3.19. The highest BCUT2D eigenvalue weighted by Gasteiger charge is 2.47. The number of fused-ring (bicyclic) bond motifs is 2. The van der Waals surface area contributed by atoms with Gasteiger partial charge in [0.15, 0.2) is 0 Å². The molecule has 0 aromatic heterocycles. The van der Waals surface area contributed by atoms with Gasteiger partial charge in [-0.25, -0.2) is 0 Å². The molecule has 0 radical (unpaired) electrons. The van der Waals surface area contributed by atoms with Crippen LogP contribution in [0, 0.1) is 5.92 Å². The van der Waals surface area contributed by atoms with Crippen molar-refractivity contribution in [1.29, 1.82) is 0 Å². The van der Waals surface area contributed by atoms with Gasteiger partial charge in [-0.05, 0) is 38.1 Å². The second kappa shape index (κ2) is 4.63. The van der Waals surface area contributed by atoms with Crippen LogP contribution in [0.1, 0.15) is 32.6 Å². The summed E-state index contributed by atoms with van der Waals surface area (Å²) < 4.78 is 5.41. The standard InChI is InChI=1S/C13H20N2O3/c1-8-3-2-6-14-9(8)7-15-12(16)10-4-5-11(18-10)13(15)17/h8-11,14H,2-7H2,1H3. The highest BCUT2D eigenvalue weighted by atomic mass is 16.5. The van der Waals surface area contributed by atoms with Crippen molar-refractivity contribution >= 4 is 11.8 Å². The molecule has 5 heteroatoms. The van der Waals surface area contributed by atoms with Crippen LogP contribution in [0.2, 0.25) is 0 Å². The molecule has 3 fully saturated rings. The summed E-state index contributed by atoms with van der Waals surface area (Å²) >= 11 is 0. The quantitative estimate of drug-likeness (QED) is 0.718. The monoisotopic (exact) mass is 252 g/mol. The number of morpholine rings is 1. The van der Waals surface area contributed by atoms with Crippen LogP contribution < -0.4 is 5.32 Å². The van der Waals surface area contributed by atoms with Crippen LogP contribution in [0.3, 0.4) is 0 Å². The second-order valence-electron chi connectivity index (χ2n) is 5.66. The number of piperidine rings is 1. The van der Waals surface area contributed by atoms with Gasteiger partial charge in [0.25, 0.3) is 11.8 Å². The number of imide groups is 1. The Morgan fingerprint density at radius 1 is 1.22 bits per heavy atom. The molecule has 2 amide bonds. The summed E-state index contributed by atoms with van der Waals surface area (Å²) in [6.45, 7) is 3.67. The average molecular weight is 252 g/mol. The number of amides is 2. The molecule has 1 N–H and O–H groups in total. The molecular weight excluding hydrogens is 232 g/mol. The Hall–Kier alpha value is -0.940. The van der Waals surface area contributed by atoms with E-state index in [0.717, 1.165) is 13.0 Å². The van der Waals surface area contributed by atoms with E-state index in [9.17, 15) is 9.59 Å². The minimum absolute atomic E-state index is 0.131. The maximum atomic E-state index is 12.1. The first-order chi connectivity index (χ1) is 8.66. The zero-order chi connectivity index (χ0) is 12.7. The highest BCUT2D eigenvalue weighted by Crippen LogP contribution is 2.29. The van der Waals surface area contributed by atoms with Gasteiger partial charge in [0, 0.05) is 12.6 Å². The maximum absolute atomic E-state index is 12.1. The van der Waals surface area contributed by atoms with Crippen molar-refractivity contribution in [2.45, 2.75) is 50.9 Å². The Bertz CT molecular complexity index is 349. The minimum atomic E-state index is -0.369. The second-order valence-corrected chi connectivity index (χ2v) is 5.66. The summed E-state index contributed by atoms with van der Waals surface area (Å²) in [6.07, 6.45) is 2.99. The van der Waals surface area contributed by atoms with Crippen molar-refractivity contribution in [2.75, 3.05) is 13.1 Å². The molecule has 3 rings (SSSR count). The topological polar surface area (TPSA) is 58.6 Å². The summed E-state index contributed by atoms with van der Waals surface area (Å²) in [6, 6.07) is 0.240. The first kappa shape index (κ1) is 12.1. The average Bonchev–Trinajstić information content (AvgIpc) is 2.81. The molecule has 18 heavy (non-hydrogen) atoms. The molecule has 0 saturated carbocycles. The molecule has 2 bridgehead atoms. The lowest BCUT2D eigenvalue weighted by molar-refractivity contribution is -0.169. The molecule has 0 spiro atoms. The molecule has 5 nitrogen and oxygen atoms in total. The van der Waals surface area contributed by atoms with Crippen LogP contribution in [0.5, 0.6) is 0 Å². The van der Waals surface area contributed by atoms with Gasteiger partial charge in [-0.2, -0.15) is 0 Å². The van der Waals surface area contributed by atoms with Crippen LogP contribution in [-0.4, -0.2) is 48.1 Å². The van der Waals surface area contributed by atoms with Gasteiger partial charge in [-0.1, -0.05) is 6.92 Å². The Morgan fingerprint density at radius 2 is 1.89 bits per heavy atom. The molecule has 3 aliphatic rings. The molecule has 4 atom stereocenters. The maximum Gasteiger partial charge on any atom is 0.258 e. The van der Waals surface area contributed by atoms with E-state index < -0.39 is 0 Å². The van der Waals surface area contributed by atoms with Crippen molar-refractivity contribution in [3.05, 3.63) is 0 Å². The van der Waals surface area contributed by atoms with Gasteiger partial charge in [0.1, 0.15) is 12.2 Å². The normalized spacial score (nSPS) is 40.4. The molecule has 3 heterocycles. The lowest BCUT2D eigenvalue weighted by Gasteiger charge is -2.36. The van der Waals surface area contributed by atoms with E-state index in [4.69, 9.17) is 4.74 Å². The number of rotatable bonds is 2. The van der Waals surface area contributed by atoms with Gasteiger partial charge in [-0.15, -0.1) is 0 Å². The number of nitrogens with one attached hydrogen (secondary N) is 1. The van der Waals surface area contributed by atoms with Crippen molar-refractivity contribution in [3.8, 4) is 0 Å². The van der Waals surface area contributed by atoms with Gasteiger partial charge in [-0.3, -0.25) is 14.5 Å². The van der Waals surface area contributed by atoms with E-state index >= 15 is 0 Å². The third-order valence-electron chi connectivity index (χ3n) is 4.41. The summed E-state index contributed by atoms with van der Waals surface area (Å²) in [5.41, 5.74) is 0. The SMILES string of the molecule is CC1CCCNC1CN1C(=O)C2CCC(O2)C1=O. The largest absolute Gasteiger partial charge is 0.355 e. The van der Waals surface area contributed by atoms with Crippen LogP contribution in [0.15, 0.2) is 0 Å². The van der Waals surface area contributed by atoms with Gasteiger partial charge in [0.05, 0.1) is 0 Å². The van der Waals surface area contributed by atoms with E-state index in [1.165, 1.54) is 11.3 Å². The van der Waals surface area contributed by atoms with Crippen molar-refractivity contribution in [1.82, 2.24) is 10.2 Å². The molecule has 0 aromatic carbocycles. The lowest BCUT2D eigenvalue weighted by atomic mass is 9.92. The van der Waals surface area contributed by atoms with E-state index in [0.29, 0.717) is 25.3 Å². The van der Waals surface area contributed by atoms with Crippen molar-refractivity contribution < 1.29 is 14.3 Å². The molecule has 0 aliphatic carbocycles. The number of carbonyl (C=O) groups is 2. The molecular formula is C13H20N2O3. The molecule has 100 valence electrons. The predicted molar refractivity (Wildman–Crippen MR) is 64.8 cm³/mol. The first-order valence-electron chi connectivity index (χ1n) is 6.91. The van der Waals surface area contributed by atoms with Crippen LogP contribution >= 0.6 is 0 Å². The number of hydrogen-bond donors (Lipinski definition) is 1. The van der Waals surface area contributed by atoms with Gasteiger partial charge in [0.2, 0.25) is 0 Å². The summed E-state index contributed by atoms with van der Waals surface area (Å²) in [5, 5.41) is 3.42. The summed E-state index contributed by atoms with van der Waals surface area (Å²) in [7, 11) is 0. The summed E-state index contributed by atoms with van der Waals surface area (Å²) in [5.74, 6) is 0.251. The van der Waals surface area contributed by atoms with Crippen LogP contribution in [-0.2, 0) is 14.3 Å². The summed E-state index contributed by atoms with van der Waals surface area (Å²) in [4.78, 5) is 25.7. The van der Waals surface area contributed by atoms with Crippen molar-refractivity contribution in [2.24, 2.45) is 5.92 Å². The van der Waals surface area contributed by atoms with E-state index in [1.807, 2.05) is 0 Å². The Labute approximate surface area is 107 Å². The van der Waals surface area contributed by atoms with E-state index in [2.05, 4.69) is 12.2 Å². The third kappa shape index (κ3) is 1.95. The number of hydrogen-bond acceptors (Lipinski definition) is 4. The Morgan fingerprint density at radius 3 is 2.50 bits per heavy atom. The molecule has 4 unspecified atom stereocenters. The molecule has 3 saturated heterocycles. The lowest BCUT2D eigenvalue weighted by Crippen LogP contribution is -2.57. The zero-order valence-corrected chi connectivity index (χ0v) is 10.7. The van der Waals surface area contributed by atoms with Crippen LogP contribution in [0.4, 0.5) is 0 Å². The minimum Gasteiger partial charge on any atom is -0.355 e. The number of ether oxygens (including phenoxy) is 1. The third-order valence-corrected chi connectivity index (χ3v) is 4.41. The van der Waals surface area contributed by atoms with Gasteiger partial charge >= 0.3 is 0 Å². The number of likely N-dealkylation sites (tertiary alicyclic amines) is 1. The van der Waals surface area contributed by atoms with Gasteiger partial charge < -0.3 is 10.1 Å². The molecule has 0 aromatic rings. The predicted octanol–water partition coefficient (Wildman–Crippen LogP) is 0.291. The fraction of sp³-hybridized carbons (Fsp3) is 0.846.